The highest BCUT2D eigenvalue weighted by Crippen LogP contribution is 2.17. The molecule has 2 aromatic heterocycles. The van der Waals surface area contributed by atoms with Crippen LogP contribution in [-0.4, -0.2) is 43.7 Å². The third kappa shape index (κ3) is 3.30. The fourth-order valence-corrected chi connectivity index (χ4v) is 3.00. The first kappa shape index (κ1) is 16.5. The van der Waals surface area contributed by atoms with Crippen LogP contribution in [0.4, 0.5) is 4.39 Å². The zero-order chi connectivity index (χ0) is 18.0. The van der Waals surface area contributed by atoms with Crippen molar-refractivity contribution < 1.29 is 22.7 Å². The van der Waals surface area contributed by atoms with Gasteiger partial charge in [-0.2, -0.15) is 22.7 Å². The number of hydrogen-bond acceptors (Lipinski definition) is 7. The van der Waals surface area contributed by atoms with Gasteiger partial charge in [-0.3, -0.25) is 9.89 Å². The average Bonchev–Trinajstić information content (AvgIpc) is 3.27. The SMILES string of the molecule is O=C(C=C(O)c1cnn(S(=O)(=O)c2ccc(F)cc2)c1)c1ncn[nH]1. The number of hydrogen-bond donors (Lipinski definition) is 2. The molecule has 2 heterocycles. The van der Waals surface area contributed by atoms with Crippen LogP contribution in [0, 0.1) is 5.82 Å². The van der Waals surface area contributed by atoms with Gasteiger partial charge in [0.1, 0.15) is 17.9 Å². The number of allylic oxidation sites excluding steroid dienone is 1. The number of rotatable bonds is 5. The van der Waals surface area contributed by atoms with Crippen LogP contribution in [0.2, 0.25) is 0 Å². The van der Waals surface area contributed by atoms with Gasteiger partial charge in [-0.1, -0.05) is 0 Å². The van der Waals surface area contributed by atoms with Crippen molar-refractivity contribution in [3.8, 4) is 0 Å². The maximum Gasteiger partial charge on any atom is 0.282 e. The van der Waals surface area contributed by atoms with E-state index in [9.17, 15) is 22.7 Å². The summed E-state index contributed by atoms with van der Waals surface area (Å²) in [6.07, 6.45) is 4.08. The summed E-state index contributed by atoms with van der Waals surface area (Å²) in [5.74, 6) is -1.81. The van der Waals surface area contributed by atoms with Gasteiger partial charge in [0.25, 0.3) is 10.0 Å². The molecule has 128 valence electrons. The summed E-state index contributed by atoms with van der Waals surface area (Å²) in [5.41, 5.74) is -0.00134. The summed E-state index contributed by atoms with van der Waals surface area (Å²) in [7, 11) is -4.05. The van der Waals surface area contributed by atoms with Gasteiger partial charge in [-0.05, 0) is 24.3 Å². The third-order valence-corrected chi connectivity index (χ3v) is 4.69. The van der Waals surface area contributed by atoms with E-state index in [1.54, 1.807) is 0 Å². The lowest BCUT2D eigenvalue weighted by Crippen LogP contribution is -2.13. The van der Waals surface area contributed by atoms with E-state index in [-0.39, 0.29) is 16.3 Å². The van der Waals surface area contributed by atoms with Gasteiger partial charge in [0.2, 0.25) is 5.78 Å². The Morgan fingerprint density at radius 3 is 2.64 bits per heavy atom. The van der Waals surface area contributed by atoms with Crippen molar-refractivity contribution in [3.05, 3.63) is 66.3 Å². The smallest absolute Gasteiger partial charge is 0.282 e. The molecule has 0 aliphatic carbocycles. The van der Waals surface area contributed by atoms with Crippen molar-refractivity contribution in [1.29, 1.82) is 0 Å². The first-order valence-corrected chi connectivity index (χ1v) is 8.18. The van der Waals surface area contributed by atoms with E-state index in [0.29, 0.717) is 4.09 Å². The standard InChI is InChI=1S/C14H10FN5O4S/c15-10-1-3-11(4-2-10)25(23,24)20-7-9(6-18-20)12(21)5-13(22)14-16-8-17-19-14/h1-8,21H,(H,16,17,19). The lowest BCUT2D eigenvalue weighted by atomic mass is 10.2. The predicted octanol–water partition coefficient (Wildman–Crippen LogP) is 1.16. The van der Waals surface area contributed by atoms with Crippen LogP contribution >= 0.6 is 0 Å². The largest absolute Gasteiger partial charge is 0.507 e. The summed E-state index contributed by atoms with van der Waals surface area (Å²) in [4.78, 5) is 15.3. The van der Waals surface area contributed by atoms with Gasteiger partial charge in [0.15, 0.2) is 5.82 Å². The van der Waals surface area contributed by atoms with E-state index in [0.717, 1.165) is 49.1 Å². The molecule has 0 amide bonds. The van der Waals surface area contributed by atoms with Crippen LogP contribution in [0.3, 0.4) is 0 Å². The van der Waals surface area contributed by atoms with Gasteiger partial charge in [-0.15, -0.1) is 0 Å². The van der Waals surface area contributed by atoms with Crippen molar-refractivity contribution in [2.45, 2.75) is 4.90 Å². The maximum absolute atomic E-state index is 12.9. The summed E-state index contributed by atoms with van der Waals surface area (Å²) >= 11 is 0. The molecule has 0 unspecified atom stereocenters. The van der Waals surface area contributed by atoms with Crippen LogP contribution in [0.15, 0.2) is 54.0 Å². The van der Waals surface area contributed by atoms with Crippen molar-refractivity contribution >= 4 is 21.6 Å². The molecule has 0 radical (unpaired) electrons. The Labute approximate surface area is 140 Å². The van der Waals surface area contributed by atoms with Gasteiger partial charge < -0.3 is 5.11 Å². The first-order chi connectivity index (χ1) is 11.9. The number of ketones is 1. The molecule has 0 fully saturated rings. The summed E-state index contributed by atoms with van der Waals surface area (Å²) in [6.45, 7) is 0. The number of H-pyrrole nitrogens is 1. The molecule has 0 saturated carbocycles. The molecule has 2 N–H and O–H groups in total. The zero-order valence-electron chi connectivity index (χ0n) is 12.4. The minimum atomic E-state index is -4.05. The summed E-state index contributed by atoms with van der Waals surface area (Å²) in [6, 6.07) is 4.19. The maximum atomic E-state index is 12.9. The van der Waals surface area contributed by atoms with Crippen molar-refractivity contribution in [2.75, 3.05) is 0 Å². The highest BCUT2D eigenvalue weighted by atomic mass is 32.2. The lowest BCUT2D eigenvalue weighted by molar-refractivity contribution is 0.103. The van der Waals surface area contributed by atoms with Gasteiger partial charge >= 0.3 is 0 Å². The molecular weight excluding hydrogens is 353 g/mol. The Kier molecular flexibility index (Phi) is 4.15. The van der Waals surface area contributed by atoms with Crippen LogP contribution in [0.5, 0.6) is 0 Å². The fraction of sp³-hybridized carbons (Fsp3) is 0. The quantitative estimate of drug-likeness (QED) is 0.395. The molecule has 25 heavy (non-hydrogen) atoms. The van der Waals surface area contributed by atoms with Crippen LogP contribution in [0.25, 0.3) is 5.76 Å². The highest BCUT2D eigenvalue weighted by molar-refractivity contribution is 7.89. The van der Waals surface area contributed by atoms with E-state index in [4.69, 9.17) is 0 Å². The molecule has 3 aromatic rings. The number of nitrogens with one attached hydrogen (secondary N) is 1. The first-order valence-electron chi connectivity index (χ1n) is 6.74. The van der Waals surface area contributed by atoms with Crippen LogP contribution in [-0.2, 0) is 10.0 Å². The number of benzene rings is 1. The minimum Gasteiger partial charge on any atom is -0.507 e. The Morgan fingerprint density at radius 1 is 1.28 bits per heavy atom. The molecule has 0 saturated heterocycles. The molecule has 0 aliphatic heterocycles. The number of aromatic amines is 1. The zero-order valence-corrected chi connectivity index (χ0v) is 13.2. The van der Waals surface area contributed by atoms with Crippen molar-refractivity contribution in [3.63, 3.8) is 0 Å². The number of nitrogens with zero attached hydrogens (tertiary/aromatic N) is 4. The predicted molar refractivity (Wildman–Crippen MR) is 82.5 cm³/mol. The Bertz CT molecular complexity index is 1040. The minimum absolute atomic E-state index is 0.00134. The van der Waals surface area contributed by atoms with Crippen LogP contribution < -0.4 is 0 Å². The Hall–Kier alpha value is -3.34. The second-order valence-corrected chi connectivity index (χ2v) is 6.58. The van der Waals surface area contributed by atoms with Crippen LogP contribution in [0.1, 0.15) is 16.2 Å². The molecular formula is C14H10FN5O4S. The van der Waals surface area contributed by atoms with E-state index < -0.39 is 27.4 Å². The van der Waals surface area contributed by atoms with E-state index in [1.807, 2.05) is 0 Å². The van der Waals surface area contributed by atoms with Crippen molar-refractivity contribution in [2.24, 2.45) is 0 Å². The number of carbonyl (C=O) groups is 1. The second-order valence-electron chi connectivity index (χ2n) is 4.79. The average molecular weight is 363 g/mol. The monoisotopic (exact) mass is 363 g/mol. The normalized spacial score (nSPS) is 12.3. The summed E-state index contributed by atoms with van der Waals surface area (Å²) in [5, 5.41) is 19.5. The third-order valence-electron chi connectivity index (χ3n) is 3.13. The summed E-state index contributed by atoms with van der Waals surface area (Å²) < 4.78 is 38.3. The molecule has 0 bridgehead atoms. The van der Waals surface area contributed by atoms with Gasteiger partial charge in [0.05, 0.1) is 22.9 Å². The highest BCUT2D eigenvalue weighted by Gasteiger charge is 2.19. The van der Waals surface area contributed by atoms with E-state index in [2.05, 4.69) is 20.3 Å². The van der Waals surface area contributed by atoms with E-state index in [1.165, 1.54) is 0 Å². The molecule has 9 nitrogen and oxygen atoms in total. The number of aromatic nitrogens is 5. The second kappa shape index (κ2) is 6.28. The molecule has 0 spiro atoms. The number of aliphatic hydroxyl groups is 1. The van der Waals surface area contributed by atoms with Gasteiger partial charge in [0, 0.05) is 6.08 Å². The number of halogens is 1. The topological polar surface area (TPSA) is 131 Å². The number of carbonyl (C=O) groups excluding carboxylic acids is 1. The molecule has 11 heteroatoms. The van der Waals surface area contributed by atoms with E-state index >= 15 is 0 Å². The van der Waals surface area contributed by atoms with Crippen molar-refractivity contribution in [1.82, 2.24) is 24.4 Å². The lowest BCUT2D eigenvalue weighted by Gasteiger charge is -2.03. The molecule has 3 rings (SSSR count). The fourth-order valence-electron chi connectivity index (χ4n) is 1.88. The Morgan fingerprint density at radius 2 is 2.00 bits per heavy atom. The molecule has 1 aromatic carbocycles. The number of aliphatic hydroxyl groups excluding tert-OH is 1. The van der Waals surface area contributed by atoms with Gasteiger partial charge in [-0.25, -0.2) is 9.37 Å². The molecule has 0 atom stereocenters. The Balaban J connectivity index is 1.89. The molecule has 0 aliphatic rings.